The highest BCUT2D eigenvalue weighted by molar-refractivity contribution is 5.53. The number of rotatable bonds is 7. The van der Waals surface area contributed by atoms with Gasteiger partial charge in [0.25, 0.3) is 0 Å². The first-order valence-corrected chi connectivity index (χ1v) is 10.2. The van der Waals surface area contributed by atoms with Crippen molar-refractivity contribution in [2.45, 2.75) is 58.0 Å². The molecule has 1 saturated carbocycles. The molecule has 27 heavy (non-hydrogen) atoms. The van der Waals surface area contributed by atoms with Gasteiger partial charge in [0, 0.05) is 12.6 Å². The van der Waals surface area contributed by atoms with Gasteiger partial charge in [-0.3, -0.25) is 0 Å². The third-order valence-electron chi connectivity index (χ3n) is 5.87. The SMILES string of the molecule is C=Cc1ccc(CC2CCCCC2NCc2ccc(C#N)cc2)cc1CC. The van der Waals surface area contributed by atoms with E-state index in [-0.39, 0.29) is 0 Å². The largest absolute Gasteiger partial charge is 0.310 e. The lowest BCUT2D eigenvalue weighted by molar-refractivity contribution is 0.259. The Morgan fingerprint density at radius 1 is 1.11 bits per heavy atom. The van der Waals surface area contributed by atoms with Crippen molar-refractivity contribution in [1.82, 2.24) is 5.32 Å². The van der Waals surface area contributed by atoms with E-state index in [1.807, 2.05) is 18.2 Å². The van der Waals surface area contributed by atoms with E-state index in [0.717, 1.165) is 24.9 Å². The average molecular weight is 359 g/mol. The topological polar surface area (TPSA) is 35.8 Å². The highest BCUT2D eigenvalue weighted by Crippen LogP contribution is 2.29. The van der Waals surface area contributed by atoms with Crippen molar-refractivity contribution in [1.29, 1.82) is 5.26 Å². The van der Waals surface area contributed by atoms with Crippen LogP contribution in [0.2, 0.25) is 0 Å². The molecule has 2 atom stereocenters. The minimum atomic E-state index is 0.568. The normalized spacial score (nSPS) is 19.4. The van der Waals surface area contributed by atoms with Crippen LogP contribution in [0.5, 0.6) is 0 Å². The third kappa shape index (κ3) is 5.08. The van der Waals surface area contributed by atoms with Crippen LogP contribution in [0.15, 0.2) is 49.0 Å². The van der Waals surface area contributed by atoms with E-state index in [2.05, 4.69) is 55.2 Å². The lowest BCUT2D eigenvalue weighted by Gasteiger charge is -2.33. The summed E-state index contributed by atoms with van der Waals surface area (Å²) in [6.07, 6.45) is 9.38. The van der Waals surface area contributed by atoms with Crippen LogP contribution in [0.3, 0.4) is 0 Å². The fourth-order valence-corrected chi connectivity index (χ4v) is 4.26. The molecule has 2 nitrogen and oxygen atoms in total. The Hall–Kier alpha value is -2.37. The zero-order chi connectivity index (χ0) is 19.1. The van der Waals surface area contributed by atoms with Gasteiger partial charge in [-0.25, -0.2) is 0 Å². The number of hydrogen-bond acceptors (Lipinski definition) is 2. The van der Waals surface area contributed by atoms with E-state index in [0.29, 0.717) is 12.0 Å². The second-order valence-electron chi connectivity index (χ2n) is 7.64. The minimum Gasteiger partial charge on any atom is -0.310 e. The molecule has 1 N–H and O–H groups in total. The zero-order valence-electron chi connectivity index (χ0n) is 16.4. The lowest BCUT2D eigenvalue weighted by atomic mass is 9.80. The molecule has 0 bridgehead atoms. The van der Waals surface area contributed by atoms with Gasteiger partial charge in [-0.15, -0.1) is 0 Å². The van der Waals surface area contributed by atoms with E-state index < -0.39 is 0 Å². The number of nitrogens with zero attached hydrogens (tertiary/aromatic N) is 1. The summed E-state index contributed by atoms with van der Waals surface area (Å²) in [6.45, 7) is 7.03. The van der Waals surface area contributed by atoms with Gasteiger partial charge < -0.3 is 5.32 Å². The summed E-state index contributed by atoms with van der Waals surface area (Å²) in [7, 11) is 0. The van der Waals surface area contributed by atoms with Crippen molar-refractivity contribution in [3.8, 4) is 6.07 Å². The average Bonchev–Trinajstić information content (AvgIpc) is 2.73. The molecule has 0 amide bonds. The van der Waals surface area contributed by atoms with E-state index >= 15 is 0 Å². The maximum Gasteiger partial charge on any atom is 0.0991 e. The van der Waals surface area contributed by atoms with E-state index in [1.165, 1.54) is 47.9 Å². The first-order valence-electron chi connectivity index (χ1n) is 10.2. The molecule has 2 heteroatoms. The van der Waals surface area contributed by atoms with Gasteiger partial charge in [0.1, 0.15) is 0 Å². The molecule has 0 saturated heterocycles. The van der Waals surface area contributed by atoms with Crippen LogP contribution in [0.4, 0.5) is 0 Å². The maximum atomic E-state index is 8.94. The molecule has 0 aromatic heterocycles. The zero-order valence-corrected chi connectivity index (χ0v) is 16.4. The number of benzene rings is 2. The van der Waals surface area contributed by atoms with Crippen molar-refractivity contribution < 1.29 is 0 Å². The molecule has 1 aliphatic carbocycles. The van der Waals surface area contributed by atoms with E-state index in [4.69, 9.17) is 5.26 Å². The molecular weight excluding hydrogens is 328 g/mol. The van der Waals surface area contributed by atoms with Crippen LogP contribution < -0.4 is 5.32 Å². The van der Waals surface area contributed by atoms with Crippen molar-refractivity contribution in [3.63, 3.8) is 0 Å². The number of hydrogen-bond donors (Lipinski definition) is 1. The van der Waals surface area contributed by atoms with Crippen LogP contribution in [0.25, 0.3) is 6.08 Å². The van der Waals surface area contributed by atoms with Crippen LogP contribution >= 0.6 is 0 Å². The number of nitrogens with one attached hydrogen (secondary N) is 1. The summed E-state index contributed by atoms with van der Waals surface area (Å²) in [4.78, 5) is 0. The van der Waals surface area contributed by atoms with Gasteiger partial charge in [-0.1, -0.05) is 62.8 Å². The highest BCUT2D eigenvalue weighted by atomic mass is 14.9. The van der Waals surface area contributed by atoms with Crippen molar-refractivity contribution in [2.24, 2.45) is 5.92 Å². The molecular formula is C25H30N2. The molecule has 0 spiro atoms. The lowest BCUT2D eigenvalue weighted by Crippen LogP contribution is -2.39. The maximum absolute atomic E-state index is 8.94. The van der Waals surface area contributed by atoms with Crippen LogP contribution in [-0.4, -0.2) is 6.04 Å². The van der Waals surface area contributed by atoms with Crippen LogP contribution in [0, 0.1) is 17.2 Å². The predicted octanol–water partition coefficient (Wildman–Crippen LogP) is 5.65. The molecule has 2 unspecified atom stereocenters. The molecule has 140 valence electrons. The molecule has 2 aromatic rings. The molecule has 2 aromatic carbocycles. The fraction of sp³-hybridized carbons (Fsp3) is 0.400. The molecule has 3 rings (SSSR count). The van der Waals surface area contributed by atoms with Gasteiger partial charge in [-0.2, -0.15) is 5.26 Å². The Morgan fingerprint density at radius 3 is 2.56 bits per heavy atom. The predicted molar refractivity (Wildman–Crippen MR) is 113 cm³/mol. The minimum absolute atomic E-state index is 0.568. The van der Waals surface area contributed by atoms with Crippen molar-refractivity contribution in [3.05, 3.63) is 76.9 Å². The Bertz CT molecular complexity index is 798. The molecule has 0 heterocycles. The van der Waals surface area contributed by atoms with Crippen molar-refractivity contribution >= 4 is 6.08 Å². The quantitative estimate of drug-likeness (QED) is 0.694. The molecule has 1 fully saturated rings. The second-order valence-corrected chi connectivity index (χ2v) is 7.64. The van der Waals surface area contributed by atoms with Gasteiger partial charge in [0.15, 0.2) is 0 Å². The summed E-state index contributed by atoms with van der Waals surface area (Å²) in [6, 6.07) is 17.6. The van der Waals surface area contributed by atoms with E-state index in [1.54, 1.807) is 0 Å². The summed E-state index contributed by atoms with van der Waals surface area (Å²) in [5.41, 5.74) is 6.10. The van der Waals surface area contributed by atoms with Crippen LogP contribution in [-0.2, 0) is 19.4 Å². The van der Waals surface area contributed by atoms with Crippen LogP contribution in [0.1, 0.15) is 60.4 Å². The highest BCUT2D eigenvalue weighted by Gasteiger charge is 2.25. The Balaban J connectivity index is 1.64. The Labute approximate surface area is 163 Å². The van der Waals surface area contributed by atoms with Gasteiger partial charge >= 0.3 is 0 Å². The summed E-state index contributed by atoms with van der Waals surface area (Å²) >= 11 is 0. The van der Waals surface area contributed by atoms with Gasteiger partial charge in [0.2, 0.25) is 0 Å². The van der Waals surface area contributed by atoms with Crippen molar-refractivity contribution in [2.75, 3.05) is 0 Å². The summed E-state index contributed by atoms with van der Waals surface area (Å²) in [5.74, 6) is 0.691. The Kier molecular flexibility index (Phi) is 6.85. The third-order valence-corrected chi connectivity index (χ3v) is 5.87. The summed E-state index contributed by atoms with van der Waals surface area (Å²) in [5, 5.41) is 12.7. The standard InChI is InChI=1S/C25H30N2/c1-3-22-14-13-21(15-23(22)4-2)16-24-7-5-6-8-25(24)27-18-20-11-9-19(17-26)10-12-20/h3,9-15,24-25,27H,1,4-8,16,18H2,2H3. The first-order chi connectivity index (χ1) is 13.2. The molecule has 0 aliphatic heterocycles. The Morgan fingerprint density at radius 2 is 1.85 bits per heavy atom. The monoisotopic (exact) mass is 358 g/mol. The molecule has 1 aliphatic rings. The van der Waals surface area contributed by atoms with E-state index in [9.17, 15) is 0 Å². The number of nitriles is 1. The smallest absolute Gasteiger partial charge is 0.0991 e. The fourth-order valence-electron chi connectivity index (χ4n) is 4.26. The first kappa shape index (κ1) is 19.4. The van der Waals surface area contributed by atoms with Gasteiger partial charge in [-0.05, 0) is 66.0 Å². The summed E-state index contributed by atoms with van der Waals surface area (Å²) < 4.78 is 0. The number of aryl methyl sites for hydroxylation is 1. The second kappa shape index (κ2) is 9.53. The molecule has 0 radical (unpaired) electrons. The van der Waals surface area contributed by atoms with Gasteiger partial charge in [0.05, 0.1) is 11.6 Å².